The molecule has 0 aromatic carbocycles. The monoisotopic (exact) mass is 316 g/mol. The first-order valence-corrected chi connectivity index (χ1v) is 7.80. The first-order valence-electron chi connectivity index (χ1n) is 6.11. The summed E-state index contributed by atoms with van der Waals surface area (Å²) >= 11 is 2.82. The van der Waals surface area contributed by atoms with Crippen molar-refractivity contribution in [2.24, 2.45) is 0 Å². The Balaban J connectivity index is 2.16. The second kappa shape index (κ2) is 4.34. The van der Waals surface area contributed by atoms with Crippen molar-refractivity contribution in [1.82, 2.24) is 19.9 Å². The van der Waals surface area contributed by atoms with Crippen molar-refractivity contribution in [3.05, 3.63) is 44.0 Å². The van der Waals surface area contributed by atoms with Crippen LogP contribution in [-0.4, -0.2) is 19.9 Å². The average molecular weight is 316 g/mol. The fourth-order valence-corrected chi connectivity index (χ4v) is 4.00. The molecular formula is C13H8N4O2S2. The van der Waals surface area contributed by atoms with Crippen molar-refractivity contribution >= 4 is 43.1 Å². The highest BCUT2D eigenvalue weighted by Crippen LogP contribution is 2.32. The molecule has 4 aromatic heterocycles. The number of hydrogen-bond donors (Lipinski definition) is 2. The van der Waals surface area contributed by atoms with Crippen molar-refractivity contribution in [1.29, 1.82) is 0 Å². The van der Waals surface area contributed by atoms with E-state index in [1.807, 2.05) is 24.4 Å². The molecule has 6 nitrogen and oxygen atoms in total. The van der Waals surface area contributed by atoms with E-state index >= 15 is 0 Å². The number of hydrogen-bond acceptors (Lipinski definition) is 6. The molecule has 0 atom stereocenters. The normalized spacial score (nSPS) is 11.5. The van der Waals surface area contributed by atoms with Crippen molar-refractivity contribution in [3.8, 4) is 10.7 Å². The Morgan fingerprint density at radius 1 is 1.19 bits per heavy atom. The van der Waals surface area contributed by atoms with Crippen LogP contribution in [0.5, 0.6) is 0 Å². The van der Waals surface area contributed by atoms with Crippen LogP contribution in [0.2, 0.25) is 0 Å². The summed E-state index contributed by atoms with van der Waals surface area (Å²) in [6.07, 6.45) is 0. The van der Waals surface area contributed by atoms with Crippen LogP contribution in [0.25, 0.3) is 31.1 Å². The first kappa shape index (κ1) is 12.4. The first-order chi connectivity index (χ1) is 10.1. The predicted molar refractivity (Wildman–Crippen MR) is 84.2 cm³/mol. The molecule has 2 N–H and O–H groups in total. The van der Waals surface area contributed by atoms with Crippen LogP contribution in [0.15, 0.2) is 27.1 Å². The summed E-state index contributed by atoms with van der Waals surface area (Å²) in [5.74, 6) is 0.639. The van der Waals surface area contributed by atoms with Gasteiger partial charge in [0.15, 0.2) is 5.82 Å². The standard InChI is InChI=1S/C13H8N4O2S2/c1-5-7-8-9(11(18)17-13(19)15-8)21-12(7)16-10(14-5)6-3-2-4-20-6/h2-4H,1H3,(H2,15,17,18,19). The van der Waals surface area contributed by atoms with Crippen molar-refractivity contribution in [2.75, 3.05) is 0 Å². The molecule has 4 rings (SSSR count). The Hall–Kier alpha value is -2.32. The number of aromatic amines is 2. The zero-order chi connectivity index (χ0) is 14.6. The molecule has 0 aliphatic heterocycles. The summed E-state index contributed by atoms with van der Waals surface area (Å²) in [6.45, 7) is 1.85. The van der Waals surface area contributed by atoms with Crippen LogP contribution >= 0.6 is 22.7 Å². The molecule has 0 amide bonds. The Morgan fingerprint density at radius 3 is 2.81 bits per heavy atom. The lowest BCUT2D eigenvalue weighted by molar-refractivity contribution is 1.09. The third kappa shape index (κ3) is 1.83. The molecule has 0 saturated heterocycles. The van der Waals surface area contributed by atoms with Crippen LogP contribution in [0.3, 0.4) is 0 Å². The number of fused-ring (bicyclic) bond motifs is 3. The molecule has 104 valence electrons. The number of rotatable bonds is 1. The molecule has 0 aliphatic rings. The van der Waals surface area contributed by atoms with E-state index in [0.29, 0.717) is 20.9 Å². The van der Waals surface area contributed by atoms with Crippen LogP contribution in [0.1, 0.15) is 5.69 Å². The lowest BCUT2D eigenvalue weighted by atomic mass is 10.2. The molecule has 4 heterocycles. The zero-order valence-corrected chi connectivity index (χ0v) is 12.4. The van der Waals surface area contributed by atoms with Crippen molar-refractivity contribution in [2.45, 2.75) is 6.92 Å². The largest absolute Gasteiger partial charge is 0.326 e. The number of aromatic nitrogens is 4. The van der Waals surface area contributed by atoms with Gasteiger partial charge in [-0.15, -0.1) is 22.7 Å². The molecule has 0 saturated carbocycles. The number of nitrogens with zero attached hydrogens (tertiary/aromatic N) is 2. The fourth-order valence-electron chi connectivity index (χ4n) is 2.27. The highest BCUT2D eigenvalue weighted by atomic mass is 32.1. The van der Waals surface area contributed by atoms with Gasteiger partial charge in [0.25, 0.3) is 5.56 Å². The molecule has 0 spiro atoms. The van der Waals surface area contributed by atoms with Crippen LogP contribution < -0.4 is 11.2 Å². The summed E-state index contributed by atoms with van der Waals surface area (Å²) in [4.78, 5) is 39.0. The summed E-state index contributed by atoms with van der Waals surface area (Å²) in [6, 6.07) is 3.89. The van der Waals surface area contributed by atoms with Gasteiger partial charge in [0, 0.05) is 0 Å². The van der Waals surface area contributed by atoms with E-state index < -0.39 is 11.2 Å². The van der Waals surface area contributed by atoms with Crippen LogP contribution in [0.4, 0.5) is 0 Å². The van der Waals surface area contributed by atoms with Gasteiger partial charge in [-0.05, 0) is 18.4 Å². The molecule has 8 heteroatoms. The minimum Gasteiger partial charge on any atom is -0.305 e. The number of H-pyrrole nitrogens is 2. The summed E-state index contributed by atoms with van der Waals surface area (Å²) in [5, 5.41) is 2.70. The van der Waals surface area contributed by atoms with Gasteiger partial charge in [-0.2, -0.15) is 0 Å². The van der Waals surface area contributed by atoms with E-state index in [2.05, 4.69) is 19.9 Å². The highest BCUT2D eigenvalue weighted by Gasteiger charge is 2.15. The second-order valence-electron chi connectivity index (χ2n) is 4.50. The third-order valence-corrected chi connectivity index (χ3v) is 5.09. The Bertz CT molecular complexity index is 1090. The van der Waals surface area contributed by atoms with Gasteiger partial charge >= 0.3 is 5.69 Å². The van der Waals surface area contributed by atoms with Crippen molar-refractivity contribution < 1.29 is 0 Å². The van der Waals surface area contributed by atoms with Gasteiger partial charge < -0.3 is 4.98 Å². The van der Waals surface area contributed by atoms with E-state index in [0.717, 1.165) is 16.0 Å². The summed E-state index contributed by atoms with van der Waals surface area (Å²) < 4.78 is 0.463. The van der Waals surface area contributed by atoms with E-state index in [9.17, 15) is 9.59 Å². The van der Waals surface area contributed by atoms with E-state index in [-0.39, 0.29) is 0 Å². The average Bonchev–Trinajstić information content (AvgIpc) is 3.05. The van der Waals surface area contributed by atoms with E-state index in [1.165, 1.54) is 11.3 Å². The fraction of sp³-hybridized carbons (Fsp3) is 0.0769. The lowest BCUT2D eigenvalue weighted by Gasteiger charge is -2.00. The van der Waals surface area contributed by atoms with E-state index in [4.69, 9.17) is 0 Å². The maximum absolute atomic E-state index is 11.9. The van der Waals surface area contributed by atoms with Crippen molar-refractivity contribution in [3.63, 3.8) is 0 Å². The molecule has 0 unspecified atom stereocenters. The Morgan fingerprint density at radius 2 is 2.05 bits per heavy atom. The quantitative estimate of drug-likeness (QED) is 0.563. The highest BCUT2D eigenvalue weighted by molar-refractivity contribution is 7.25. The maximum atomic E-state index is 11.9. The summed E-state index contributed by atoms with van der Waals surface area (Å²) in [5.41, 5.74) is 0.345. The third-order valence-electron chi connectivity index (χ3n) is 3.15. The molecule has 0 radical (unpaired) electrons. The van der Waals surface area contributed by atoms with Crippen LogP contribution in [-0.2, 0) is 0 Å². The maximum Gasteiger partial charge on any atom is 0.326 e. The van der Waals surface area contributed by atoms with Gasteiger partial charge in [-0.3, -0.25) is 9.78 Å². The van der Waals surface area contributed by atoms with Gasteiger partial charge in [0.05, 0.1) is 21.5 Å². The Kier molecular flexibility index (Phi) is 2.57. The second-order valence-corrected chi connectivity index (χ2v) is 6.45. The molecule has 21 heavy (non-hydrogen) atoms. The minimum absolute atomic E-state index is 0.395. The Labute approximate surface area is 125 Å². The lowest BCUT2D eigenvalue weighted by Crippen LogP contribution is -2.20. The number of nitrogens with one attached hydrogen (secondary N) is 2. The zero-order valence-electron chi connectivity index (χ0n) is 10.8. The number of thiophene rings is 2. The molecule has 0 bridgehead atoms. The van der Waals surface area contributed by atoms with Crippen LogP contribution in [0, 0.1) is 6.92 Å². The number of aryl methyl sites for hydroxylation is 1. The van der Waals surface area contributed by atoms with Gasteiger partial charge in [0.2, 0.25) is 0 Å². The van der Waals surface area contributed by atoms with Gasteiger partial charge in [-0.1, -0.05) is 6.07 Å². The molecule has 0 fully saturated rings. The van der Waals surface area contributed by atoms with Gasteiger partial charge in [0.1, 0.15) is 9.53 Å². The van der Waals surface area contributed by atoms with E-state index in [1.54, 1.807) is 11.3 Å². The SMILES string of the molecule is Cc1nc(-c2cccs2)nc2sc3c(=O)[nH]c(=O)[nH]c3c12. The molecule has 4 aromatic rings. The smallest absolute Gasteiger partial charge is 0.305 e. The van der Waals surface area contributed by atoms with Gasteiger partial charge in [-0.25, -0.2) is 14.8 Å². The minimum atomic E-state index is -0.520. The molecular weight excluding hydrogens is 308 g/mol. The summed E-state index contributed by atoms with van der Waals surface area (Å²) in [7, 11) is 0. The topological polar surface area (TPSA) is 91.5 Å². The predicted octanol–water partition coefficient (Wildman–Crippen LogP) is 2.26. The molecule has 0 aliphatic carbocycles.